The van der Waals surface area contributed by atoms with Crippen molar-refractivity contribution in [3.05, 3.63) is 16.4 Å². The first kappa shape index (κ1) is 12.1. The Kier molecular flexibility index (Phi) is 4.00. The van der Waals surface area contributed by atoms with Crippen LogP contribution in [0.1, 0.15) is 25.5 Å². The van der Waals surface area contributed by atoms with Crippen LogP contribution in [0, 0.1) is 0 Å². The molecule has 1 saturated heterocycles. The number of halogens is 1. The zero-order valence-corrected chi connectivity index (χ0v) is 11.5. The van der Waals surface area contributed by atoms with E-state index in [1.165, 1.54) is 5.56 Å². The Balaban J connectivity index is 2.03. The molecule has 1 aromatic rings. The molecule has 2 rings (SSSR count). The average Bonchev–Trinajstić information content (AvgIpc) is 2.62. The third-order valence-corrected chi connectivity index (χ3v) is 3.77. The van der Waals surface area contributed by atoms with Crippen molar-refractivity contribution in [2.45, 2.75) is 26.4 Å². The molecular formula is C11H19BrN4. The van der Waals surface area contributed by atoms with Gasteiger partial charge < -0.3 is 5.32 Å². The van der Waals surface area contributed by atoms with Gasteiger partial charge in [0.1, 0.15) is 4.60 Å². The van der Waals surface area contributed by atoms with E-state index in [9.17, 15) is 0 Å². The molecule has 0 aliphatic carbocycles. The van der Waals surface area contributed by atoms with Crippen LogP contribution < -0.4 is 5.32 Å². The summed E-state index contributed by atoms with van der Waals surface area (Å²) in [7, 11) is 0. The zero-order valence-electron chi connectivity index (χ0n) is 9.91. The number of hydrogen-bond acceptors (Lipinski definition) is 3. The summed E-state index contributed by atoms with van der Waals surface area (Å²) in [5.74, 6) is 0. The highest BCUT2D eigenvalue weighted by atomic mass is 79.9. The fourth-order valence-corrected chi connectivity index (χ4v) is 2.69. The molecule has 5 heteroatoms. The Hall–Kier alpha value is -0.390. The maximum Gasteiger partial charge on any atom is 0.108 e. The molecule has 0 atom stereocenters. The minimum absolute atomic E-state index is 0.408. The van der Waals surface area contributed by atoms with Crippen LogP contribution in [0.15, 0.2) is 10.8 Å². The lowest BCUT2D eigenvalue weighted by molar-refractivity contribution is 0.232. The van der Waals surface area contributed by atoms with E-state index in [0.717, 1.165) is 37.3 Å². The number of nitrogens with one attached hydrogen (secondary N) is 1. The van der Waals surface area contributed by atoms with Crippen molar-refractivity contribution < 1.29 is 0 Å². The summed E-state index contributed by atoms with van der Waals surface area (Å²) in [5.41, 5.74) is 1.29. The van der Waals surface area contributed by atoms with E-state index in [1.54, 1.807) is 0 Å². The number of nitrogens with zero attached hydrogens (tertiary/aromatic N) is 3. The van der Waals surface area contributed by atoms with Crippen LogP contribution >= 0.6 is 15.9 Å². The molecule has 0 spiro atoms. The van der Waals surface area contributed by atoms with Gasteiger partial charge in [-0.05, 0) is 29.8 Å². The quantitative estimate of drug-likeness (QED) is 0.917. The Morgan fingerprint density at radius 2 is 2.12 bits per heavy atom. The predicted octanol–water partition coefficient (Wildman–Crippen LogP) is 1.63. The second-order valence-corrected chi connectivity index (χ2v) is 5.28. The predicted molar refractivity (Wildman–Crippen MR) is 68.5 cm³/mol. The third kappa shape index (κ3) is 2.64. The Labute approximate surface area is 105 Å². The molecule has 0 aromatic carbocycles. The summed E-state index contributed by atoms with van der Waals surface area (Å²) in [4.78, 5) is 2.46. The van der Waals surface area contributed by atoms with E-state index in [-0.39, 0.29) is 0 Å². The zero-order chi connectivity index (χ0) is 11.5. The van der Waals surface area contributed by atoms with Gasteiger partial charge in [-0.25, -0.2) is 0 Å². The van der Waals surface area contributed by atoms with Crippen LogP contribution in [-0.4, -0.2) is 40.9 Å². The standard InChI is InChI=1S/C11H19BrN4/c1-9(2)16-11(12)10(7-14-16)8-15-5-3-13-4-6-15/h7,9,13H,3-6,8H2,1-2H3. The van der Waals surface area contributed by atoms with Gasteiger partial charge in [0.25, 0.3) is 0 Å². The average molecular weight is 287 g/mol. The molecule has 16 heavy (non-hydrogen) atoms. The minimum Gasteiger partial charge on any atom is -0.314 e. The Bertz CT molecular complexity index is 342. The lowest BCUT2D eigenvalue weighted by Gasteiger charge is -2.26. The van der Waals surface area contributed by atoms with Crippen molar-refractivity contribution in [2.24, 2.45) is 0 Å². The monoisotopic (exact) mass is 286 g/mol. The number of hydrogen-bond donors (Lipinski definition) is 1. The fraction of sp³-hybridized carbons (Fsp3) is 0.727. The summed E-state index contributed by atoms with van der Waals surface area (Å²) in [6, 6.07) is 0.408. The van der Waals surface area contributed by atoms with Gasteiger partial charge in [-0.2, -0.15) is 5.10 Å². The Morgan fingerprint density at radius 1 is 1.44 bits per heavy atom. The number of piperazine rings is 1. The van der Waals surface area contributed by atoms with Crippen LogP contribution in [0.3, 0.4) is 0 Å². The molecule has 1 aromatic heterocycles. The highest BCUT2D eigenvalue weighted by Crippen LogP contribution is 2.21. The van der Waals surface area contributed by atoms with Crippen molar-refractivity contribution in [1.29, 1.82) is 0 Å². The number of aromatic nitrogens is 2. The largest absolute Gasteiger partial charge is 0.314 e. The molecule has 0 unspecified atom stereocenters. The van der Waals surface area contributed by atoms with Crippen molar-refractivity contribution in [1.82, 2.24) is 20.0 Å². The second kappa shape index (κ2) is 5.29. The molecule has 2 heterocycles. The molecule has 1 aliphatic rings. The lowest BCUT2D eigenvalue weighted by atomic mass is 10.3. The van der Waals surface area contributed by atoms with Gasteiger partial charge in [0.05, 0.1) is 6.20 Å². The minimum atomic E-state index is 0.408. The molecule has 1 aliphatic heterocycles. The molecule has 1 N–H and O–H groups in total. The van der Waals surface area contributed by atoms with Gasteiger partial charge in [-0.15, -0.1) is 0 Å². The van der Waals surface area contributed by atoms with Gasteiger partial charge in [0, 0.05) is 44.3 Å². The van der Waals surface area contributed by atoms with Gasteiger partial charge in [-0.1, -0.05) is 0 Å². The van der Waals surface area contributed by atoms with E-state index in [2.05, 4.69) is 45.1 Å². The van der Waals surface area contributed by atoms with E-state index in [4.69, 9.17) is 0 Å². The SMILES string of the molecule is CC(C)n1ncc(CN2CCNCC2)c1Br. The first-order valence-electron chi connectivity index (χ1n) is 5.83. The highest BCUT2D eigenvalue weighted by molar-refractivity contribution is 9.10. The molecule has 90 valence electrons. The lowest BCUT2D eigenvalue weighted by Crippen LogP contribution is -2.42. The summed E-state index contributed by atoms with van der Waals surface area (Å²) >= 11 is 3.64. The first-order chi connectivity index (χ1) is 7.68. The van der Waals surface area contributed by atoms with E-state index in [0.29, 0.717) is 6.04 Å². The maximum absolute atomic E-state index is 4.41. The summed E-state index contributed by atoms with van der Waals surface area (Å²) in [5, 5.41) is 7.77. The van der Waals surface area contributed by atoms with Crippen molar-refractivity contribution in [2.75, 3.05) is 26.2 Å². The van der Waals surface area contributed by atoms with Gasteiger partial charge in [0.2, 0.25) is 0 Å². The van der Waals surface area contributed by atoms with E-state index in [1.807, 2.05) is 10.9 Å². The third-order valence-electron chi connectivity index (χ3n) is 2.90. The van der Waals surface area contributed by atoms with Gasteiger partial charge in [-0.3, -0.25) is 9.58 Å². The highest BCUT2D eigenvalue weighted by Gasteiger charge is 2.15. The maximum atomic E-state index is 4.41. The smallest absolute Gasteiger partial charge is 0.108 e. The fourth-order valence-electron chi connectivity index (χ4n) is 1.96. The van der Waals surface area contributed by atoms with Crippen molar-refractivity contribution >= 4 is 15.9 Å². The van der Waals surface area contributed by atoms with Crippen LogP contribution in [0.5, 0.6) is 0 Å². The van der Waals surface area contributed by atoms with Crippen molar-refractivity contribution in [3.8, 4) is 0 Å². The van der Waals surface area contributed by atoms with Crippen LogP contribution in [0.4, 0.5) is 0 Å². The first-order valence-corrected chi connectivity index (χ1v) is 6.62. The Morgan fingerprint density at radius 3 is 2.69 bits per heavy atom. The van der Waals surface area contributed by atoms with Gasteiger partial charge >= 0.3 is 0 Å². The molecular weight excluding hydrogens is 268 g/mol. The molecule has 1 fully saturated rings. The van der Waals surface area contributed by atoms with E-state index < -0.39 is 0 Å². The topological polar surface area (TPSA) is 33.1 Å². The molecule has 0 amide bonds. The molecule has 4 nitrogen and oxygen atoms in total. The van der Waals surface area contributed by atoms with Gasteiger partial charge in [0.15, 0.2) is 0 Å². The molecule has 0 saturated carbocycles. The normalized spacial score (nSPS) is 18.2. The number of rotatable bonds is 3. The van der Waals surface area contributed by atoms with Crippen LogP contribution in [0.2, 0.25) is 0 Å². The van der Waals surface area contributed by atoms with Crippen LogP contribution in [-0.2, 0) is 6.54 Å². The van der Waals surface area contributed by atoms with Crippen molar-refractivity contribution in [3.63, 3.8) is 0 Å². The molecule has 0 bridgehead atoms. The summed E-state index contributed by atoms with van der Waals surface area (Å²) in [6.07, 6.45) is 1.98. The second-order valence-electron chi connectivity index (χ2n) is 4.53. The summed E-state index contributed by atoms with van der Waals surface area (Å²) in [6.45, 7) is 9.72. The summed E-state index contributed by atoms with van der Waals surface area (Å²) < 4.78 is 3.15. The molecule has 0 radical (unpaired) electrons. The van der Waals surface area contributed by atoms with E-state index >= 15 is 0 Å². The van der Waals surface area contributed by atoms with Crippen LogP contribution in [0.25, 0.3) is 0 Å².